The van der Waals surface area contributed by atoms with E-state index in [2.05, 4.69) is 42.2 Å². The monoisotopic (exact) mass is 408 g/mol. The van der Waals surface area contributed by atoms with Crippen LogP contribution in [-0.2, 0) is 6.54 Å². The molecule has 1 aromatic heterocycles. The quantitative estimate of drug-likeness (QED) is 0.616. The summed E-state index contributed by atoms with van der Waals surface area (Å²) in [5.41, 5.74) is 2.71. The molecule has 0 spiro atoms. The van der Waals surface area contributed by atoms with Gasteiger partial charge in [-0.05, 0) is 61.7 Å². The summed E-state index contributed by atoms with van der Waals surface area (Å²) in [6, 6.07) is 13.1. The van der Waals surface area contributed by atoms with Crippen molar-refractivity contribution in [3.8, 4) is 0 Å². The van der Waals surface area contributed by atoms with E-state index in [4.69, 9.17) is 0 Å². The molecule has 0 bridgehead atoms. The Balaban J connectivity index is 1.86. The van der Waals surface area contributed by atoms with Crippen molar-refractivity contribution in [2.24, 2.45) is 0 Å². The van der Waals surface area contributed by atoms with Gasteiger partial charge in [0, 0.05) is 22.6 Å². The Bertz CT molecular complexity index is 805. The van der Waals surface area contributed by atoms with Crippen LogP contribution in [0.4, 0.5) is 10.1 Å². The average molecular weight is 410 g/mol. The number of rotatable bonds is 3. The zero-order valence-corrected chi connectivity index (χ0v) is 14.1. The molecule has 0 atom stereocenters. The Morgan fingerprint density at radius 3 is 2.76 bits per heavy atom. The molecule has 3 rings (SSSR count). The minimum atomic E-state index is -0.255. The number of fused-ring (bicyclic) bond motifs is 1. The number of benzene rings is 2. The number of hydrogen-bond acceptors (Lipinski definition) is 2. The third-order valence-corrected chi connectivity index (χ3v) is 4.22. The van der Waals surface area contributed by atoms with Gasteiger partial charge in [0.15, 0.2) is 0 Å². The Kier molecular flexibility index (Phi) is 4.22. The fourth-order valence-corrected chi connectivity index (χ4v) is 2.72. The molecule has 106 valence electrons. The summed E-state index contributed by atoms with van der Waals surface area (Å²) in [5, 5.41) is 4.36. The molecular formula is C16H11Br2FN2. The molecule has 1 heterocycles. The number of aromatic nitrogens is 1. The molecule has 1 N–H and O–H groups in total. The molecule has 3 aromatic rings. The summed E-state index contributed by atoms with van der Waals surface area (Å²) in [4.78, 5) is 4.43. The smallest absolute Gasteiger partial charge is 0.137 e. The van der Waals surface area contributed by atoms with E-state index in [-0.39, 0.29) is 5.82 Å². The van der Waals surface area contributed by atoms with Gasteiger partial charge in [-0.1, -0.05) is 18.2 Å². The van der Waals surface area contributed by atoms with Gasteiger partial charge in [0.1, 0.15) is 5.82 Å². The fourth-order valence-electron chi connectivity index (χ4n) is 2.12. The van der Waals surface area contributed by atoms with Gasteiger partial charge in [-0.2, -0.15) is 0 Å². The number of nitrogens with zero attached hydrogens (tertiary/aromatic N) is 1. The first-order valence-corrected chi connectivity index (χ1v) is 7.94. The second-order valence-electron chi connectivity index (χ2n) is 4.63. The van der Waals surface area contributed by atoms with Crippen molar-refractivity contribution >= 4 is 48.5 Å². The van der Waals surface area contributed by atoms with Gasteiger partial charge in [0.25, 0.3) is 0 Å². The van der Waals surface area contributed by atoms with E-state index in [0.29, 0.717) is 11.0 Å². The normalized spacial score (nSPS) is 10.8. The van der Waals surface area contributed by atoms with Gasteiger partial charge in [-0.15, -0.1) is 0 Å². The minimum absolute atomic E-state index is 0.255. The van der Waals surface area contributed by atoms with E-state index in [1.165, 1.54) is 6.07 Å². The number of hydrogen-bond donors (Lipinski definition) is 1. The van der Waals surface area contributed by atoms with Crippen LogP contribution in [0.2, 0.25) is 0 Å². The van der Waals surface area contributed by atoms with Crippen LogP contribution in [0.1, 0.15) is 5.56 Å². The molecule has 0 aliphatic carbocycles. The van der Waals surface area contributed by atoms with Crippen LogP contribution >= 0.6 is 31.9 Å². The number of halogens is 3. The summed E-state index contributed by atoms with van der Waals surface area (Å²) in [6.45, 7) is 0.543. The Morgan fingerprint density at radius 1 is 1.10 bits per heavy atom. The maximum absolute atomic E-state index is 13.5. The van der Waals surface area contributed by atoms with Crippen LogP contribution in [0.25, 0.3) is 10.9 Å². The Morgan fingerprint density at radius 2 is 1.95 bits per heavy atom. The van der Waals surface area contributed by atoms with Crippen molar-refractivity contribution in [2.45, 2.75) is 6.54 Å². The van der Waals surface area contributed by atoms with E-state index in [9.17, 15) is 4.39 Å². The highest BCUT2D eigenvalue weighted by atomic mass is 79.9. The molecule has 0 saturated heterocycles. The molecule has 0 amide bonds. The summed E-state index contributed by atoms with van der Waals surface area (Å²) >= 11 is 6.57. The fraction of sp³-hybridized carbons (Fsp3) is 0.0625. The highest BCUT2D eigenvalue weighted by Gasteiger charge is 2.04. The number of para-hydroxylation sites is 1. The zero-order valence-electron chi connectivity index (χ0n) is 10.9. The topological polar surface area (TPSA) is 24.9 Å². The third-order valence-electron chi connectivity index (χ3n) is 3.14. The van der Waals surface area contributed by atoms with E-state index in [1.807, 2.05) is 30.3 Å². The van der Waals surface area contributed by atoms with Gasteiger partial charge in [-0.25, -0.2) is 4.39 Å². The predicted octanol–water partition coefficient (Wildman–Crippen LogP) is 5.51. The van der Waals surface area contributed by atoms with Crippen molar-refractivity contribution < 1.29 is 4.39 Å². The predicted molar refractivity (Wildman–Crippen MR) is 90.9 cm³/mol. The summed E-state index contributed by atoms with van der Waals surface area (Å²) < 4.78 is 14.9. The molecule has 0 unspecified atom stereocenters. The second kappa shape index (κ2) is 6.12. The molecule has 0 aliphatic heterocycles. The lowest BCUT2D eigenvalue weighted by Crippen LogP contribution is -2.01. The third kappa shape index (κ3) is 3.24. The molecule has 2 aromatic carbocycles. The first kappa shape index (κ1) is 14.5. The standard InChI is InChI=1S/C16H11Br2FN2/c17-12-7-11-2-1-3-15(16(11)21-9-12)20-8-10-4-5-13(18)14(19)6-10/h1-7,9,20H,8H2. The molecule has 0 fully saturated rings. The maximum Gasteiger partial charge on any atom is 0.137 e. The molecule has 0 saturated carbocycles. The highest BCUT2D eigenvalue weighted by Crippen LogP contribution is 2.24. The summed E-state index contributed by atoms with van der Waals surface area (Å²) in [6.07, 6.45) is 1.77. The van der Waals surface area contributed by atoms with E-state index in [0.717, 1.165) is 26.6 Å². The lowest BCUT2D eigenvalue weighted by atomic mass is 10.1. The molecule has 0 radical (unpaired) electrons. The average Bonchev–Trinajstić information content (AvgIpc) is 2.48. The van der Waals surface area contributed by atoms with Gasteiger partial charge in [-0.3, -0.25) is 4.98 Å². The SMILES string of the molecule is Fc1cc(CNc2cccc3cc(Br)cnc23)ccc1Br. The van der Waals surface area contributed by atoms with Crippen molar-refractivity contribution in [1.29, 1.82) is 0 Å². The van der Waals surface area contributed by atoms with Gasteiger partial charge < -0.3 is 5.32 Å². The molecule has 5 heteroatoms. The van der Waals surface area contributed by atoms with Crippen LogP contribution < -0.4 is 5.32 Å². The Labute approximate surface area is 138 Å². The Hall–Kier alpha value is -1.46. The summed E-state index contributed by atoms with van der Waals surface area (Å²) in [7, 11) is 0. The van der Waals surface area contributed by atoms with Crippen molar-refractivity contribution in [3.63, 3.8) is 0 Å². The summed E-state index contributed by atoms with van der Waals surface area (Å²) in [5.74, 6) is -0.255. The number of anilines is 1. The maximum atomic E-state index is 13.5. The highest BCUT2D eigenvalue weighted by molar-refractivity contribution is 9.10. The number of nitrogens with one attached hydrogen (secondary N) is 1. The lowest BCUT2D eigenvalue weighted by molar-refractivity contribution is 0.619. The lowest BCUT2D eigenvalue weighted by Gasteiger charge is -2.10. The molecular weight excluding hydrogens is 399 g/mol. The van der Waals surface area contributed by atoms with E-state index < -0.39 is 0 Å². The zero-order chi connectivity index (χ0) is 14.8. The first-order valence-electron chi connectivity index (χ1n) is 6.35. The first-order chi connectivity index (χ1) is 10.1. The molecule has 21 heavy (non-hydrogen) atoms. The van der Waals surface area contributed by atoms with E-state index >= 15 is 0 Å². The van der Waals surface area contributed by atoms with Crippen LogP contribution in [0.3, 0.4) is 0 Å². The van der Waals surface area contributed by atoms with Crippen LogP contribution in [0, 0.1) is 5.82 Å². The largest absolute Gasteiger partial charge is 0.379 e. The van der Waals surface area contributed by atoms with Crippen LogP contribution in [0.15, 0.2) is 57.6 Å². The van der Waals surface area contributed by atoms with Crippen LogP contribution in [-0.4, -0.2) is 4.98 Å². The van der Waals surface area contributed by atoms with Gasteiger partial charge in [0.2, 0.25) is 0 Å². The van der Waals surface area contributed by atoms with Gasteiger partial charge in [0.05, 0.1) is 15.7 Å². The van der Waals surface area contributed by atoms with Crippen molar-refractivity contribution in [2.75, 3.05) is 5.32 Å². The molecule has 0 aliphatic rings. The van der Waals surface area contributed by atoms with Gasteiger partial charge >= 0.3 is 0 Å². The molecule has 2 nitrogen and oxygen atoms in total. The second-order valence-corrected chi connectivity index (χ2v) is 6.40. The van der Waals surface area contributed by atoms with E-state index in [1.54, 1.807) is 12.3 Å². The minimum Gasteiger partial charge on any atom is -0.379 e. The van der Waals surface area contributed by atoms with Crippen molar-refractivity contribution in [1.82, 2.24) is 4.98 Å². The van der Waals surface area contributed by atoms with Crippen LogP contribution in [0.5, 0.6) is 0 Å². The number of pyridine rings is 1. The van der Waals surface area contributed by atoms with Crippen molar-refractivity contribution in [3.05, 3.63) is 69.0 Å².